The van der Waals surface area contributed by atoms with Crippen LogP contribution in [0.25, 0.3) is 5.57 Å². The van der Waals surface area contributed by atoms with Gasteiger partial charge in [0.2, 0.25) is 0 Å². The third kappa shape index (κ3) is 12.6. The van der Waals surface area contributed by atoms with Crippen LogP contribution < -0.4 is 5.73 Å². The lowest BCUT2D eigenvalue weighted by Gasteiger charge is -2.50. The summed E-state index contributed by atoms with van der Waals surface area (Å²) in [6.07, 6.45) is 17.1. The van der Waals surface area contributed by atoms with E-state index in [0.29, 0.717) is 0 Å². The van der Waals surface area contributed by atoms with Gasteiger partial charge in [-0.15, -0.1) is 0 Å². The van der Waals surface area contributed by atoms with E-state index in [9.17, 15) is 0 Å². The molecule has 1 heterocycles. The Bertz CT molecular complexity index is 1000. The smallest absolute Gasteiger partial charge is 0.0463 e. The van der Waals surface area contributed by atoms with Gasteiger partial charge in [-0.25, -0.2) is 0 Å². The zero-order valence-corrected chi connectivity index (χ0v) is 30.1. The second-order valence-electron chi connectivity index (χ2n) is 12.0. The van der Waals surface area contributed by atoms with Gasteiger partial charge < -0.3 is 10.7 Å². The molecule has 0 saturated carbocycles. The largest absolute Gasteiger partial charge is 0.402 e. The van der Waals surface area contributed by atoms with Gasteiger partial charge in [-0.05, 0) is 81.4 Å². The van der Waals surface area contributed by atoms with E-state index < -0.39 is 0 Å². The fourth-order valence-corrected chi connectivity index (χ4v) is 6.69. The molecule has 2 rings (SSSR count). The van der Waals surface area contributed by atoms with Crippen molar-refractivity contribution in [3.05, 3.63) is 77.0 Å². The fourth-order valence-electron chi connectivity index (χ4n) is 6.69. The molecular formula is C40H69N3. The number of rotatable bonds is 18. The van der Waals surface area contributed by atoms with Crippen molar-refractivity contribution in [1.29, 1.82) is 0 Å². The van der Waals surface area contributed by atoms with Gasteiger partial charge in [0.25, 0.3) is 0 Å². The molecule has 244 valence electrons. The van der Waals surface area contributed by atoms with Crippen molar-refractivity contribution >= 4 is 12.3 Å². The Hall–Kier alpha value is -2.39. The number of hydrogen-bond acceptors (Lipinski definition) is 3. The van der Waals surface area contributed by atoms with Crippen molar-refractivity contribution in [2.24, 2.45) is 21.6 Å². The van der Waals surface area contributed by atoms with E-state index in [-0.39, 0.29) is 10.8 Å². The lowest BCUT2D eigenvalue weighted by Crippen LogP contribution is -2.58. The highest BCUT2D eigenvalue weighted by Crippen LogP contribution is 2.42. The second kappa shape index (κ2) is 22.2. The molecule has 1 atom stereocenters. The molecule has 1 aliphatic heterocycles. The van der Waals surface area contributed by atoms with Gasteiger partial charge >= 0.3 is 0 Å². The van der Waals surface area contributed by atoms with Gasteiger partial charge in [0, 0.05) is 42.7 Å². The Labute approximate surface area is 268 Å². The first-order valence-corrected chi connectivity index (χ1v) is 17.4. The summed E-state index contributed by atoms with van der Waals surface area (Å²) in [6, 6.07) is 9.03. The normalized spacial score (nSPS) is 16.6. The zero-order chi connectivity index (χ0) is 32.9. The van der Waals surface area contributed by atoms with Crippen molar-refractivity contribution in [2.45, 2.75) is 127 Å². The summed E-state index contributed by atoms with van der Waals surface area (Å²) in [7, 11) is 0. The number of aliphatic imine (C=N–C) groups is 1. The lowest BCUT2D eigenvalue weighted by atomic mass is 9.70. The van der Waals surface area contributed by atoms with Gasteiger partial charge in [-0.2, -0.15) is 0 Å². The molecule has 1 aliphatic rings. The molecule has 43 heavy (non-hydrogen) atoms. The molecule has 0 bridgehead atoms. The van der Waals surface area contributed by atoms with Gasteiger partial charge in [-0.3, -0.25) is 4.90 Å². The maximum absolute atomic E-state index is 6.32. The van der Waals surface area contributed by atoms with Crippen LogP contribution in [0, 0.1) is 17.8 Å². The quantitative estimate of drug-likeness (QED) is 0.136. The van der Waals surface area contributed by atoms with Crippen molar-refractivity contribution in [1.82, 2.24) is 4.90 Å². The van der Waals surface area contributed by atoms with E-state index in [2.05, 4.69) is 107 Å². The fraction of sp³-hybridized carbons (Fsp3) is 0.625. The van der Waals surface area contributed by atoms with Gasteiger partial charge in [0.05, 0.1) is 0 Å². The van der Waals surface area contributed by atoms with Crippen LogP contribution in [-0.4, -0.2) is 37.8 Å². The number of nitrogens with two attached hydrogens (primary N) is 1. The monoisotopic (exact) mass is 592 g/mol. The average molecular weight is 592 g/mol. The Morgan fingerprint density at radius 1 is 1.02 bits per heavy atom. The zero-order valence-electron chi connectivity index (χ0n) is 30.1. The van der Waals surface area contributed by atoms with E-state index in [1.165, 1.54) is 40.7 Å². The first kappa shape index (κ1) is 40.6. The standard InChI is InChI=1S/C36H57N3.2C2H6/c1-9-15-31(24-33(16-10-2)34(12-4)32-19-17-29(6)18-20-32)25-39-27-35(28-39,26-38-8)22-14-23-36(13-5,21-11-3)30(7)37;2*1-2/h9,15,17-20,24H,7-8,10-14,16,21-23,25-28,37H2,1-6H3;2*1-2H3/b15-9+,31-24+,34-33+;;. The van der Waals surface area contributed by atoms with Crippen LogP contribution in [-0.2, 0) is 0 Å². The molecule has 2 N–H and O–H groups in total. The minimum Gasteiger partial charge on any atom is -0.402 e. The highest BCUT2D eigenvalue weighted by atomic mass is 15.2. The van der Waals surface area contributed by atoms with E-state index in [0.717, 1.165) is 76.8 Å². The van der Waals surface area contributed by atoms with E-state index in [1.807, 2.05) is 27.7 Å². The number of likely N-dealkylation sites (tertiary alicyclic amines) is 1. The molecule has 1 saturated heterocycles. The molecule has 1 aromatic rings. The minimum absolute atomic E-state index is 0.0826. The number of benzene rings is 1. The summed E-state index contributed by atoms with van der Waals surface area (Å²) in [4.78, 5) is 6.97. The Balaban J connectivity index is 0.00000422. The molecule has 3 nitrogen and oxygen atoms in total. The summed E-state index contributed by atoms with van der Waals surface area (Å²) in [6.45, 7) is 33.4. The van der Waals surface area contributed by atoms with Crippen LogP contribution >= 0.6 is 0 Å². The predicted molar refractivity (Wildman–Crippen MR) is 197 cm³/mol. The molecule has 0 radical (unpaired) electrons. The Kier molecular flexibility index (Phi) is 20.9. The van der Waals surface area contributed by atoms with Crippen LogP contribution in [0.2, 0.25) is 0 Å². The van der Waals surface area contributed by atoms with Crippen LogP contribution in [0.1, 0.15) is 131 Å². The first-order valence-electron chi connectivity index (χ1n) is 17.4. The number of hydrogen-bond donors (Lipinski definition) is 1. The highest BCUT2D eigenvalue weighted by molar-refractivity contribution is 5.71. The van der Waals surface area contributed by atoms with Gasteiger partial charge in [-0.1, -0.05) is 129 Å². The lowest BCUT2D eigenvalue weighted by molar-refractivity contribution is 0.00527. The number of aryl methyl sites for hydroxylation is 1. The summed E-state index contributed by atoms with van der Waals surface area (Å²) in [5.74, 6) is 0. The Morgan fingerprint density at radius 2 is 1.65 bits per heavy atom. The topological polar surface area (TPSA) is 41.6 Å². The molecule has 0 aromatic heterocycles. The van der Waals surface area contributed by atoms with E-state index in [4.69, 9.17) is 5.73 Å². The summed E-state index contributed by atoms with van der Waals surface area (Å²) < 4.78 is 0. The van der Waals surface area contributed by atoms with Gasteiger partial charge in [0.1, 0.15) is 0 Å². The van der Waals surface area contributed by atoms with Crippen molar-refractivity contribution in [3.8, 4) is 0 Å². The predicted octanol–water partition coefficient (Wildman–Crippen LogP) is 11.4. The summed E-state index contributed by atoms with van der Waals surface area (Å²) in [5.41, 5.74) is 14.5. The molecule has 1 aromatic carbocycles. The SMILES string of the molecule is C=NCC1(CCCC(CC)(CCC)C(=C)N)CN(CC(/C=C/C)=C/C(CCC)=C(\CC)c2ccc(C)cc2)C1.CC.CC. The molecule has 3 heteroatoms. The first-order chi connectivity index (χ1) is 20.7. The van der Waals surface area contributed by atoms with Crippen LogP contribution in [0.3, 0.4) is 0 Å². The maximum Gasteiger partial charge on any atom is 0.0463 e. The maximum atomic E-state index is 6.32. The van der Waals surface area contributed by atoms with Crippen molar-refractivity contribution in [2.75, 3.05) is 26.2 Å². The minimum atomic E-state index is 0.0826. The summed E-state index contributed by atoms with van der Waals surface area (Å²) in [5, 5.41) is 0. The average Bonchev–Trinajstić information content (AvgIpc) is 2.99. The molecular weight excluding hydrogens is 522 g/mol. The van der Waals surface area contributed by atoms with Crippen LogP contribution in [0.5, 0.6) is 0 Å². The second-order valence-corrected chi connectivity index (χ2v) is 12.0. The molecule has 0 aliphatic carbocycles. The molecule has 0 amide bonds. The molecule has 1 unspecified atom stereocenters. The Morgan fingerprint density at radius 3 is 2.12 bits per heavy atom. The molecule has 1 fully saturated rings. The number of nitrogens with zero attached hydrogens (tertiary/aromatic N) is 2. The summed E-state index contributed by atoms with van der Waals surface area (Å²) >= 11 is 0. The number of allylic oxidation sites excluding steroid dienone is 5. The highest BCUT2D eigenvalue weighted by Gasteiger charge is 2.42. The van der Waals surface area contributed by atoms with Crippen LogP contribution in [0.15, 0.2) is 70.9 Å². The van der Waals surface area contributed by atoms with E-state index in [1.54, 1.807) is 0 Å². The third-order valence-corrected chi connectivity index (χ3v) is 8.82. The van der Waals surface area contributed by atoms with Crippen molar-refractivity contribution in [3.63, 3.8) is 0 Å². The molecule has 0 spiro atoms. The van der Waals surface area contributed by atoms with Crippen LogP contribution in [0.4, 0.5) is 0 Å². The van der Waals surface area contributed by atoms with Crippen molar-refractivity contribution < 1.29 is 0 Å². The third-order valence-electron chi connectivity index (χ3n) is 8.82. The van der Waals surface area contributed by atoms with Gasteiger partial charge in [0.15, 0.2) is 0 Å². The van der Waals surface area contributed by atoms with E-state index >= 15 is 0 Å².